The largest absolute Gasteiger partial charge is 0.491 e. The number of halogens is 1. The van der Waals surface area contributed by atoms with Crippen LogP contribution in [0.2, 0.25) is 0 Å². The highest BCUT2D eigenvalue weighted by molar-refractivity contribution is 14.1. The Kier molecular flexibility index (Phi) is 11.6. The number of amides is 1. The molecule has 1 amide bonds. The molecule has 2 rings (SSSR count). The first-order chi connectivity index (χ1) is 17.9. The van der Waals surface area contributed by atoms with Gasteiger partial charge in [-0.05, 0) is 120 Å². The second-order valence-corrected chi connectivity index (χ2v) is 13.7. The first-order valence-electron chi connectivity index (χ1n) is 12.5. The van der Waals surface area contributed by atoms with E-state index in [2.05, 4.69) is 27.9 Å². The highest BCUT2D eigenvalue weighted by atomic mass is 127. The normalized spacial score (nSPS) is 12.9. The zero-order valence-corrected chi connectivity index (χ0v) is 26.5. The molecule has 0 aliphatic carbocycles. The molecule has 0 aromatic heterocycles. The van der Waals surface area contributed by atoms with Gasteiger partial charge < -0.3 is 19.5 Å². The molecule has 0 heterocycles. The molecule has 1 N–H and O–H groups in total. The minimum Gasteiger partial charge on any atom is -0.491 e. The van der Waals surface area contributed by atoms with Crippen LogP contribution in [0.15, 0.2) is 47.4 Å². The van der Waals surface area contributed by atoms with E-state index >= 15 is 0 Å². The lowest BCUT2D eigenvalue weighted by Gasteiger charge is -2.26. The second kappa shape index (κ2) is 13.8. The van der Waals surface area contributed by atoms with Gasteiger partial charge in [0.15, 0.2) is 0 Å². The first-order valence-corrected chi connectivity index (χ1v) is 15.0. The van der Waals surface area contributed by atoms with E-state index in [0.29, 0.717) is 12.2 Å². The van der Waals surface area contributed by atoms with Crippen LogP contribution in [0.4, 0.5) is 4.79 Å². The predicted octanol–water partition coefficient (Wildman–Crippen LogP) is 5.55. The Morgan fingerprint density at radius 3 is 2.13 bits per heavy atom. The van der Waals surface area contributed by atoms with Crippen molar-refractivity contribution in [2.75, 3.05) is 13.2 Å². The van der Waals surface area contributed by atoms with Gasteiger partial charge in [0.2, 0.25) is 0 Å². The third kappa shape index (κ3) is 12.1. The van der Waals surface area contributed by atoms with E-state index in [1.165, 1.54) is 12.1 Å². The van der Waals surface area contributed by atoms with Crippen molar-refractivity contribution in [1.82, 2.24) is 5.32 Å². The molecule has 39 heavy (non-hydrogen) atoms. The van der Waals surface area contributed by atoms with Crippen LogP contribution >= 0.6 is 22.6 Å². The topological polar surface area (TPSA) is 117 Å². The van der Waals surface area contributed by atoms with E-state index in [9.17, 15) is 18.0 Å². The molecule has 0 radical (unpaired) electrons. The number of hydrogen-bond acceptors (Lipinski definition) is 8. The Morgan fingerprint density at radius 1 is 0.923 bits per heavy atom. The Morgan fingerprint density at radius 2 is 1.54 bits per heavy atom. The van der Waals surface area contributed by atoms with Crippen molar-refractivity contribution in [2.24, 2.45) is 0 Å². The van der Waals surface area contributed by atoms with Gasteiger partial charge in [-0.1, -0.05) is 17.7 Å². The molecule has 2 aromatic carbocycles. The number of alkyl carbamates (subject to hydrolysis) is 1. The average Bonchev–Trinajstić information content (AvgIpc) is 2.79. The number of esters is 1. The predicted molar refractivity (Wildman–Crippen MR) is 156 cm³/mol. The molecule has 0 bridgehead atoms. The summed E-state index contributed by atoms with van der Waals surface area (Å²) in [4.78, 5) is 25.3. The molecular formula is C28H38INO8S. The minimum absolute atomic E-state index is 0.0197. The number of rotatable bonds is 11. The van der Waals surface area contributed by atoms with Crippen LogP contribution in [0.3, 0.4) is 0 Å². The van der Waals surface area contributed by atoms with Gasteiger partial charge in [-0.15, -0.1) is 0 Å². The van der Waals surface area contributed by atoms with Crippen molar-refractivity contribution in [3.05, 3.63) is 57.2 Å². The molecule has 216 valence electrons. The van der Waals surface area contributed by atoms with Crippen LogP contribution in [-0.2, 0) is 35.0 Å². The minimum atomic E-state index is -3.88. The number of ether oxygens (including phenoxy) is 3. The lowest BCUT2D eigenvalue weighted by molar-refractivity contribution is -0.157. The van der Waals surface area contributed by atoms with E-state index in [4.69, 9.17) is 18.4 Å². The van der Waals surface area contributed by atoms with Crippen LogP contribution in [0.1, 0.15) is 59.1 Å². The van der Waals surface area contributed by atoms with Gasteiger partial charge in [-0.2, -0.15) is 8.42 Å². The third-order valence-corrected chi connectivity index (χ3v) is 7.38. The maximum absolute atomic E-state index is 12.8. The van der Waals surface area contributed by atoms with Crippen molar-refractivity contribution >= 4 is 44.8 Å². The molecule has 0 spiro atoms. The summed E-state index contributed by atoms with van der Waals surface area (Å²) >= 11 is 2.18. The molecule has 0 saturated heterocycles. The number of hydrogen-bond donors (Lipinski definition) is 1. The van der Waals surface area contributed by atoms with E-state index in [1.54, 1.807) is 59.7 Å². The number of nitrogens with one attached hydrogen (secondary N) is 1. The summed E-state index contributed by atoms with van der Waals surface area (Å²) in [5, 5.41) is 2.63. The highest BCUT2D eigenvalue weighted by Crippen LogP contribution is 2.23. The fraction of sp³-hybridized carbons (Fsp3) is 0.500. The molecule has 0 aliphatic rings. The zero-order valence-electron chi connectivity index (χ0n) is 23.5. The summed E-state index contributed by atoms with van der Waals surface area (Å²) in [6.07, 6.45) is 0.00431. The quantitative estimate of drug-likeness (QED) is 0.143. The molecule has 11 heteroatoms. The Bertz CT molecular complexity index is 1230. The van der Waals surface area contributed by atoms with Gasteiger partial charge in [0.1, 0.15) is 36.2 Å². The highest BCUT2D eigenvalue weighted by Gasteiger charge is 2.28. The molecule has 9 nitrogen and oxygen atoms in total. The third-order valence-electron chi connectivity index (χ3n) is 5.00. The number of carbonyl (C=O) groups excluding carboxylic acids is 2. The first kappa shape index (κ1) is 32.8. The van der Waals surface area contributed by atoms with E-state index in [1.807, 2.05) is 19.1 Å². The van der Waals surface area contributed by atoms with Gasteiger partial charge in [0, 0.05) is 3.57 Å². The Hall–Kier alpha value is -2.38. The van der Waals surface area contributed by atoms with E-state index < -0.39 is 39.4 Å². The van der Waals surface area contributed by atoms with Crippen LogP contribution < -0.4 is 10.1 Å². The van der Waals surface area contributed by atoms with Crippen LogP contribution in [0.5, 0.6) is 5.75 Å². The molecule has 2 aromatic rings. The molecular weight excluding hydrogens is 637 g/mol. The van der Waals surface area contributed by atoms with Crippen molar-refractivity contribution in [1.29, 1.82) is 0 Å². The number of carbonyl (C=O) groups is 2. The summed E-state index contributed by atoms with van der Waals surface area (Å²) in [7, 11) is -3.88. The maximum Gasteiger partial charge on any atom is 0.408 e. The Labute approximate surface area is 245 Å². The van der Waals surface area contributed by atoms with Crippen LogP contribution in [0.25, 0.3) is 0 Å². The fourth-order valence-electron chi connectivity index (χ4n) is 3.28. The molecule has 1 atom stereocenters. The van der Waals surface area contributed by atoms with E-state index in [0.717, 1.165) is 14.7 Å². The van der Waals surface area contributed by atoms with Crippen molar-refractivity contribution in [2.45, 2.75) is 83.4 Å². The van der Waals surface area contributed by atoms with E-state index in [-0.39, 0.29) is 24.5 Å². The van der Waals surface area contributed by atoms with Gasteiger partial charge in [0.25, 0.3) is 10.1 Å². The standard InChI is InChI=1S/C28H38INO8S/c1-19-8-12-22(13-9-19)39(33,34)36-17-16-35-21-11-14-23(29)20(18-21)10-15-24(25(31)37-27(2,3)4)30-26(32)38-28(5,6)7/h8-9,11-14,18,24H,10,15-17H2,1-7H3,(H,30,32)/t24-/m0/s1. The molecule has 0 fully saturated rings. The smallest absolute Gasteiger partial charge is 0.408 e. The van der Waals surface area contributed by atoms with Crippen LogP contribution in [0, 0.1) is 10.5 Å². The molecule has 0 aliphatic heterocycles. The van der Waals surface area contributed by atoms with Crippen molar-refractivity contribution in [3.63, 3.8) is 0 Å². The van der Waals surface area contributed by atoms with Crippen molar-refractivity contribution in [3.8, 4) is 5.75 Å². The molecule has 0 unspecified atom stereocenters. The number of aryl methyl sites for hydroxylation is 2. The monoisotopic (exact) mass is 675 g/mol. The van der Waals surface area contributed by atoms with Crippen molar-refractivity contribution < 1.29 is 36.4 Å². The van der Waals surface area contributed by atoms with Gasteiger partial charge >= 0.3 is 12.1 Å². The average molecular weight is 676 g/mol. The number of benzene rings is 2. The summed E-state index contributed by atoms with van der Waals surface area (Å²) in [5.41, 5.74) is 0.403. The lowest BCUT2D eigenvalue weighted by Crippen LogP contribution is -2.46. The Balaban J connectivity index is 2.01. The second-order valence-electron chi connectivity index (χ2n) is 11.0. The fourth-order valence-corrected chi connectivity index (χ4v) is 4.78. The summed E-state index contributed by atoms with van der Waals surface area (Å²) in [6, 6.07) is 10.9. The zero-order chi connectivity index (χ0) is 29.4. The summed E-state index contributed by atoms with van der Waals surface area (Å²) in [5.74, 6) is -0.0293. The van der Waals surface area contributed by atoms with Gasteiger partial charge in [-0.3, -0.25) is 4.18 Å². The lowest BCUT2D eigenvalue weighted by atomic mass is 10.0. The van der Waals surface area contributed by atoms with Gasteiger partial charge in [-0.25, -0.2) is 9.59 Å². The summed E-state index contributed by atoms with van der Waals surface area (Å²) < 4.78 is 47.3. The maximum atomic E-state index is 12.8. The SMILES string of the molecule is Cc1ccc(S(=O)(=O)OCCOc2ccc(I)c(CC[C@H](NC(=O)OC(C)(C)C)C(=O)OC(C)(C)C)c2)cc1. The van der Waals surface area contributed by atoms with Crippen LogP contribution in [-0.4, -0.2) is 50.9 Å². The molecule has 0 saturated carbocycles. The summed E-state index contributed by atoms with van der Waals surface area (Å²) in [6.45, 7) is 12.2. The van der Waals surface area contributed by atoms with Gasteiger partial charge in [0.05, 0.1) is 4.90 Å².